The molecule has 0 saturated heterocycles. The van der Waals surface area contributed by atoms with Crippen LogP contribution in [-0.4, -0.2) is 24.3 Å². The maximum absolute atomic E-state index is 12.7. The van der Waals surface area contributed by atoms with E-state index in [1.807, 2.05) is 32.9 Å². The van der Waals surface area contributed by atoms with Gasteiger partial charge in [-0.05, 0) is 67.4 Å². The standard InChI is InChI=1S/C26H26BrN3O4/c1-16(2)15-34-23-12-9-20(27)14-22(23)26(33)30-29-25(32)18-7-10-21(11-8-18)28-24(31)19-6-4-5-17(3)13-19/h4-14,16H,15H2,1-3H3,(H,28,31)(H,29,32)(H,30,33). The minimum Gasteiger partial charge on any atom is -0.492 e. The summed E-state index contributed by atoms with van der Waals surface area (Å²) in [6.07, 6.45) is 0. The van der Waals surface area contributed by atoms with Crippen LogP contribution in [0.25, 0.3) is 0 Å². The number of ether oxygens (including phenoxy) is 1. The number of hydrazine groups is 1. The molecule has 0 spiro atoms. The Kier molecular flexibility index (Phi) is 8.43. The third kappa shape index (κ3) is 6.92. The first kappa shape index (κ1) is 25.0. The second-order valence-electron chi connectivity index (χ2n) is 8.15. The summed E-state index contributed by atoms with van der Waals surface area (Å²) in [4.78, 5) is 37.5. The monoisotopic (exact) mass is 523 g/mol. The van der Waals surface area contributed by atoms with Crippen molar-refractivity contribution < 1.29 is 19.1 Å². The number of anilines is 1. The molecule has 3 amide bonds. The molecule has 0 heterocycles. The highest BCUT2D eigenvalue weighted by Crippen LogP contribution is 2.23. The number of aryl methyl sites for hydroxylation is 1. The third-order valence-corrected chi connectivity index (χ3v) is 5.23. The molecule has 0 aromatic heterocycles. The first-order valence-electron chi connectivity index (χ1n) is 10.7. The predicted octanol–water partition coefficient (Wildman–Crippen LogP) is 5.12. The zero-order valence-electron chi connectivity index (χ0n) is 19.1. The Balaban J connectivity index is 1.59. The Labute approximate surface area is 207 Å². The van der Waals surface area contributed by atoms with Crippen LogP contribution in [0.4, 0.5) is 5.69 Å². The van der Waals surface area contributed by atoms with Gasteiger partial charge in [0.15, 0.2) is 0 Å². The molecule has 0 aliphatic heterocycles. The average molecular weight is 524 g/mol. The normalized spacial score (nSPS) is 10.5. The quantitative estimate of drug-likeness (QED) is 0.374. The number of hydrogen-bond acceptors (Lipinski definition) is 4. The number of hydrogen-bond donors (Lipinski definition) is 3. The smallest absolute Gasteiger partial charge is 0.273 e. The van der Waals surface area contributed by atoms with Crippen molar-refractivity contribution in [3.8, 4) is 5.75 Å². The van der Waals surface area contributed by atoms with E-state index in [0.717, 1.165) is 5.56 Å². The van der Waals surface area contributed by atoms with E-state index in [4.69, 9.17) is 4.74 Å². The van der Waals surface area contributed by atoms with Crippen LogP contribution in [-0.2, 0) is 0 Å². The van der Waals surface area contributed by atoms with Gasteiger partial charge in [-0.15, -0.1) is 0 Å². The molecule has 0 aliphatic carbocycles. The SMILES string of the molecule is Cc1cccc(C(=O)Nc2ccc(C(=O)NNC(=O)c3cc(Br)ccc3OCC(C)C)cc2)c1. The van der Waals surface area contributed by atoms with E-state index in [9.17, 15) is 14.4 Å². The van der Waals surface area contributed by atoms with Gasteiger partial charge in [0.25, 0.3) is 17.7 Å². The maximum Gasteiger partial charge on any atom is 0.273 e. The Bertz CT molecular complexity index is 1190. The summed E-state index contributed by atoms with van der Waals surface area (Å²) in [5.74, 6) is -0.515. The van der Waals surface area contributed by atoms with E-state index in [0.29, 0.717) is 45.1 Å². The fourth-order valence-electron chi connectivity index (χ4n) is 3.01. The van der Waals surface area contributed by atoms with Gasteiger partial charge in [-0.3, -0.25) is 25.2 Å². The number of carbonyl (C=O) groups excluding carboxylic acids is 3. The summed E-state index contributed by atoms with van der Waals surface area (Å²) in [5.41, 5.74) is 7.52. The second-order valence-corrected chi connectivity index (χ2v) is 9.07. The van der Waals surface area contributed by atoms with Crippen LogP contribution in [0.2, 0.25) is 0 Å². The van der Waals surface area contributed by atoms with Crippen molar-refractivity contribution >= 4 is 39.3 Å². The molecular weight excluding hydrogens is 498 g/mol. The number of benzene rings is 3. The van der Waals surface area contributed by atoms with Gasteiger partial charge in [-0.2, -0.15) is 0 Å². The van der Waals surface area contributed by atoms with Crippen molar-refractivity contribution in [3.63, 3.8) is 0 Å². The molecule has 0 radical (unpaired) electrons. The summed E-state index contributed by atoms with van der Waals surface area (Å²) in [7, 11) is 0. The zero-order chi connectivity index (χ0) is 24.7. The van der Waals surface area contributed by atoms with Crippen LogP contribution in [0, 0.1) is 12.8 Å². The number of rotatable bonds is 7. The largest absolute Gasteiger partial charge is 0.492 e. The van der Waals surface area contributed by atoms with E-state index in [1.165, 1.54) is 0 Å². The molecule has 8 heteroatoms. The van der Waals surface area contributed by atoms with E-state index in [1.54, 1.807) is 54.6 Å². The summed E-state index contributed by atoms with van der Waals surface area (Å²) in [6, 6.07) is 18.7. The van der Waals surface area contributed by atoms with Gasteiger partial charge >= 0.3 is 0 Å². The summed E-state index contributed by atoms with van der Waals surface area (Å²) in [6.45, 7) is 6.40. The second kappa shape index (κ2) is 11.5. The number of halogens is 1. The van der Waals surface area contributed by atoms with Crippen molar-refractivity contribution in [1.29, 1.82) is 0 Å². The first-order valence-corrected chi connectivity index (χ1v) is 11.5. The highest BCUT2D eigenvalue weighted by Gasteiger charge is 2.15. The number of nitrogens with one attached hydrogen (secondary N) is 3. The lowest BCUT2D eigenvalue weighted by Gasteiger charge is -2.14. The number of carbonyl (C=O) groups is 3. The molecular formula is C26H26BrN3O4. The molecule has 0 unspecified atom stereocenters. The topological polar surface area (TPSA) is 96.5 Å². The molecule has 3 aromatic rings. The van der Waals surface area contributed by atoms with Crippen LogP contribution in [0.3, 0.4) is 0 Å². The van der Waals surface area contributed by atoms with Crippen molar-refractivity contribution in [2.75, 3.05) is 11.9 Å². The molecule has 0 bridgehead atoms. The molecule has 0 atom stereocenters. The van der Waals surface area contributed by atoms with Crippen molar-refractivity contribution in [2.45, 2.75) is 20.8 Å². The Morgan fingerprint density at radius 1 is 0.853 bits per heavy atom. The lowest BCUT2D eigenvalue weighted by Crippen LogP contribution is -2.41. The average Bonchev–Trinajstić information content (AvgIpc) is 2.81. The van der Waals surface area contributed by atoms with E-state index in [-0.39, 0.29) is 5.91 Å². The van der Waals surface area contributed by atoms with E-state index < -0.39 is 11.8 Å². The Morgan fingerprint density at radius 2 is 1.56 bits per heavy atom. The molecule has 0 fully saturated rings. The summed E-state index contributed by atoms with van der Waals surface area (Å²) >= 11 is 3.35. The van der Waals surface area contributed by atoms with Gasteiger partial charge in [0, 0.05) is 21.3 Å². The van der Waals surface area contributed by atoms with Gasteiger partial charge in [0.1, 0.15) is 5.75 Å². The van der Waals surface area contributed by atoms with Gasteiger partial charge in [0.05, 0.1) is 12.2 Å². The maximum atomic E-state index is 12.7. The lowest BCUT2D eigenvalue weighted by molar-refractivity contribution is 0.0844. The summed E-state index contributed by atoms with van der Waals surface area (Å²) in [5, 5.41) is 2.80. The highest BCUT2D eigenvalue weighted by atomic mass is 79.9. The minimum atomic E-state index is -0.504. The summed E-state index contributed by atoms with van der Waals surface area (Å²) < 4.78 is 6.43. The predicted molar refractivity (Wildman–Crippen MR) is 135 cm³/mol. The van der Waals surface area contributed by atoms with Gasteiger partial charge in [-0.1, -0.05) is 47.5 Å². The fourth-order valence-corrected chi connectivity index (χ4v) is 3.37. The fraction of sp³-hybridized carbons (Fsp3) is 0.192. The van der Waals surface area contributed by atoms with Crippen LogP contribution < -0.4 is 20.9 Å². The first-order chi connectivity index (χ1) is 16.2. The lowest BCUT2D eigenvalue weighted by atomic mass is 10.1. The molecule has 0 saturated carbocycles. The van der Waals surface area contributed by atoms with Crippen molar-refractivity contribution in [3.05, 3.63) is 93.5 Å². The van der Waals surface area contributed by atoms with Gasteiger partial charge in [-0.25, -0.2) is 0 Å². The van der Waals surface area contributed by atoms with Crippen LogP contribution in [0.1, 0.15) is 50.5 Å². The van der Waals surface area contributed by atoms with Crippen molar-refractivity contribution in [1.82, 2.24) is 10.9 Å². The molecule has 176 valence electrons. The van der Waals surface area contributed by atoms with Crippen molar-refractivity contribution in [2.24, 2.45) is 5.92 Å². The molecule has 0 aliphatic rings. The van der Waals surface area contributed by atoms with Gasteiger partial charge in [0.2, 0.25) is 0 Å². The van der Waals surface area contributed by atoms with Crippen LogP contribution >= 0.6 is 15.9 Å². The Hall–Kier alpha value is -3.65. The molecule has 3 N–H and O–H groups in total. The van der Waals surface area contributed by atoms with E-state index >= 15 is 0 Å². The van der Waals surface area contributed by atoms with Crippen LogP contribution in [0.15, 0.2) is 71.2 Å². The molecule has 7 nitrogen and oxygen atoms in total. The van der Waals surface area contributed by atoms with Crippen LogP contribution in [0.5, 0.6) is 5.75 Å². The Morgan fingerprint density at radius 3 is 2.24 bits per heavy atom. The van der Waals surface area contributed by atoms with Gasteiger partial charge < -0.3 is 10.1 Å². The molecule has 3 rings (SSSR count). The molecule has 3 aromatic carbocycles. The molecule has 34 heavy (non-hydrogen) atoms. The van der Waals surface area contributed by atoms with E-state index in [2.05, 4.69) is 32.1 Å². The zero-order valence-corrected chi connectivity index (χ0v) is 20.7. The minimum absolute atomic E-state index is 0.238. The number of amides is 3. The third-order valence-electron chi connectivity index (χ3n) is 4.73. The highest BCUT2D eigenvalue weighted by molar-refractivity contribution is 9.10.